The molecule has 1 fully saturated rings. The number of hydrogen-bond donors (Lipinski definition) is 0. The number of hydrogen-bond acceptors (Lipinski definition) is 3. The molecule has 0 saturated carbocycles. The van der Waals surface area contributed by atoms with Crippen LogP contribution in [0.5, 0.6) is 0 Å². The van der Waals surface area contributed by atoms with Crippen LogP contribution in [0.25, 0.3) is 0 Å². The van der Waals surface area contributed by atoms with Gasteiger partial charge in [-0.2, -0.15) is 0 Å². The first-order chi connectivity index (χ1) is 9.51. The van der Waals surface area contributed by atoms with Gasteiger partial charge in [-0.15, -0.1) is 0 Å². The van der Waals surface area contributed by atoms with Gasteiger partial charge in [-0.1, -0.05) is 49.7 Å². The molecule has 0 spiro atoms. The van der Waals surface area contributed by atoms with Crippen molar-refractivity contribution in [2.75, 3.05) is 12.3 Å². The maximum Gasteiger partial charge on any atom is 0.239 e. The van der Waals surface area contributed by atoms with E-state index in [0.717, 1.165) is 29.4 Å². The predicted molar refractivity (Wildman–Crippen MR) is 86.9 cm³/mol. The molecule has 1 aliphatic rings. The van der Waals surface area contributed by atoms with Crippen LogP contribution in [-0.2, 0) is 4.79 Å². The third kappa shape index (κ3) is 3.55. The van der Waals surface area contributed by atoms with Crippen LogP contribution in [0.3, 0.4) is 0 Å². The van der Waals surface area contributed by atoms with Gasteiger partial charge in [0.05, 0.1) is 11.4 Å². The zero-order valence-corrected chi connectivity index (χ0v) is 13.6. The van der Waals surface area contributed by atoms with Crippen LogP contribution >= 0.6 is 23.4 Å². The van der Waals surface area contributed by atoms with Gasteiger partial charge in [-0.3, -0.25) is 9.69 Å². The Morgan fingerprint density at radius 3 is 2.90 bits per heavy atom. The van der Waals surface area contributed by atoms with E-state index in [0.29, 0.717) is 16.7 Å². The molecule has 2 rings (SSSR count). The highest BCUT2D eigenvalue weighted by atomic mass is 35.5. The van der Waals surface area contributed by atoms with Gasteiger partial charge >= 0.3 is 0 Å². The van der Waals surface area contributed by atoms with E-state index in [2.05, 4.69) is 18.8 Å². The summed E-state index contributed by atoms with van der Waals surface area (Å²) in [6.45, 7) is 6.98. The zero-order chi connectivity index (χ0) is 14.7. The molecule has 1 aliphatic heterocycles. The number of aliphatic imine (C=N–C) groups is 1. The maximum atomic E-state index is 11.9. The molecular weight excluding hydrogens is 292 g/mol. The normalized spacial score (nSPS) is 18.9. The van der Waals surface area contributed by atoms with E-state index in [9.17, 15) is 4.79 Å². The Morgan fingerprint density at radius 1 is 1.50 bits per heavy atom. The Morgan fingerprint density at radius 2 is 2.25 bits per heavy atom. The van der Waals surface area contributed by atoms with E-state index < -0.39 is 0 Å². The lowest BCUT2D eigenvalue weighted by Gasteiger charge is -2.19. The summed E-state index contributed by atoms with van der Waals surface area (Å²) in [6, 6.07) is 5.72. The van der Waals surface area contributed by atoms with Gasteiger partial charge in [0.2, 0.25) is 5.91 Å². The number of carbonyl (C=O) groups excluding carboxylic acids is 1. The lowest BCUT2D eigenvalue weighted by Crippen LogP contribution is -2.33. The Balaban J connectivity index is 2.22. The summed E-state index contributed by atoms with van der Waals surface area (Å²) < 4.78 is 0. The van der Waals surface area contributed by atoms with Crippen molar-refractivity contribution in [3.05, 3.63) is 28.8 Å². The number of halogens is 1. The average molecular weight is 311 g/mol. The fraction of sp³-hybridized carbons (Fsp3) is 0.467. The predicted octanol–water partition coefficient (Wildman–Crippen LogP) is 4.26. The fourth-order valence-corrected chi connectivity index (χ4v) is 2.95. The molecule has 108 valence electrons. The summed E-state index contributed by atoms with van der Waals surface area (Å²) in [5.74, 6) is 1.10. The molecule has 3 nitrogen and oxygen atoms in total. The van der Waals surface area contributed by atoms with Gasteiger partial charge in [-0.05, 0) is 30.5 Å². The second kappa shape index (κ2) is 6.64. The molecule has 1 aromatic carbocycles. The molecule has 0 bridgehead atoms. The number of amides is 1. The van der Waals surface area contributed by atoms with Crippen molar-refractivity contribution in [1.82, 2.24) is 4.90 Å². The molecule has 1 aromatic rings. The van der Waals surface area contributed by atoms with E-state index in [1.165, 1.54) is 11.8 Å². The smallest absolute Gasteiger partial charge is 0.239 e. The molecule has 0 N–H and O–H groups in total. The van der Waals surface area contributed by atoms with Crippen molar-refractivity contribution in [1.29, 1.82) is 0 Å². The zero-order valence-electron chi connectivity index (χ0n) is 12.0. The van der Waals surface area contributed by atoms with Crippen LogP contribution in [0.4, 0.5) is 5.69 Å². The molecule has 1 heterocycles. The van der Waals surface area contributed by atoms with Crippen LogP contribution in [0, 0.1) is 12.8 Å². The number of thioether (sulfide) groups is 1. The minimum Gasteiger partial charge on any atom is -0.290 e. The van der Waals surface area contributed by atoms with Crippen LogP contribution < -0.4 is 0 Å². The van der Waals surface area contributed by atoms with Crippen molar-refractivity contribution in [3.8, 4) is 0 Å². The molecule has 1 amide bonds. The number of aryl methyl sites for hydroxylation is 1. The molecule has 0 aromatic heterocycles. The average Bonchev–Trinajstić information content (AvgIpc) is 2.75. The summed E-state index contributed by atoms with van der Waals surface area (Å²) in [4.78, 5) is 18.3. The molecule has 1 saturated heterocycles. The molecular formula is C15H19ClN2OS. The van der Waals surface area contributed by atoms with Crippen molar-refractivity contribution < 1.29 is 4.79 Å². The lowest BCUT2D eigenvalue weighted by atomic mass is 10.1. The lowest BCUT2D eigenvalue weighted by molar-refractivity contribution is -0.124. The summed E-state index contributed by atoms with van der Waals surface area (Å²) in [5.41, 5.74) is 1.83. The summed E-state index contributed by atoms with van der Waals surface area (Å²) in [6.07, 6.45) is 1.05. The molecule has 1 unspecified atom stereocenters. The number of rotatable bonds is 4. The van der Waals surface area contributed by atoms with Crippen molar-refractivity contribution in [3.63, 3.8) is 0 Å². The maximum absolute atomic E-state index is 11.9. The number of carbonyl (C=O) groups is 1. The summed E-state index contributed by atoms with van der Waals surface area (Å²) in [7, 11) is 0. The van der Waals surface area contributed by atoms with Gasteiger partial charge < -0.3 is 0 Å². The topological polar surface area (TPSA) is 32.7 Å². The molecule has 0 aliphatic carbocycles. The first-order valence-corrected chi connectivity index (χ1v) is 8.15. The van der Waals surface area contributed by atoms with Crippen molar-refractivity contribution in [2.24, 2.45) is 10.9 Å². The Bertz CT molecular complexity index is 545. The van der Waals surface area contributed by atoms with Gasteiger partial charge in [0.1, 0.15) is 0 Å². The molecule has 0 radical (unpaired) electrons. The van der Waals surface area contributed by atoms with E-state index in [4.69, 9.17) is 11.6 Å². The number of nitrogens with zero attached hydrogens (tertiary/aromatic N) is 2. The van der Waals surface area contributed by atoms with Crippen molar-refractivity contribution >= 4 is 40.1 Å². The van der Waals surface area contributed by atoms with Gasteiger partial charge in [0, 0.05) is 11.6 Å². The van der Waals surface area contributed by atoms with E-state index in [1.54, 1.807) is 4.90 Å². The number of benzene rings is 1. The Labute approximate surface area is 129 Å². The second-order valence-corrected chi connectivity index (χ2v) is 6.48. The second-order valence-electron chi connectivity index (χ2n) is 5.13. The van der Waals surface area contributed by atoms with Gasteiger partial charge in [-0.25, -0.2) is 4.99 Å². The highest BCUT2D eigenvalue weighted by Crippen LogP contribution is 2.27. The Hall–Kier alpha value is -1.00. The van der Waals surface area contributed by atoms with E-state index >= 15 is 0 Å². The van der Waals surface area contributed by atoms with Crippen LogP contribution in [0.1, 0.15) is 25.8 Å². The summed E-state index contributed by atoms with van der Waals surface area (Å²) >= 11 is 7.61. The monoisotopic (exact) mass is 310 g/mol. The van der Waals surface area contributed by atoms with Crippen molar-refractivity contribution in [2.45, 2.75) is 27.2 Å². The first-order valence-electron chi connectivity index (χ1n) is 6.79. The highest BCUT2D eigenvalue weighted by molar-refractivity contribution is 8.15. The number of amidine groups is 1. The minimum absolute atomic E-state index is 0.146. The fourth-order valence-electron chi connectivity index (χ4n) is 1.86. The molecule has 1 atom stereocenters. The van der Waals surface area contributed by atoms with Crippen LogP contribution in [0.2, 0.25) is 5.02 Å². The minimum atomic E-state index is 0.146. The summed E-state index contributed by atoms with van der Waals surface area (Å²) in [5, 5.41) is 1.49. The first kappa shape index (κ1) is 15.4. The van der Waals surface area contributed by atoms with Crippen LogP contribution in [0.15, 0.2) is 23.2 Å². The van der Waals surface area contributed by atoms with E-state index in [1.807, 2.05) is 25.1 Å². The highest BCUT2D eigenvalue weighted by Gasteiger charge is 2.28. The quantitative estimate of drug-likeness (QED) is 0.832. The Kier molecular flexibility index (Phi) is 5.11. The largest absolute Gasteiger partial charge is 0.290 e. The van der Waals surface area contributed by atoms with Gasteiger partial charge in [0.15, 0.2) is 5.17 Å². The SMILES string of the molecule is CCC(C)CN1C(=O)CSC1=Nc1ccc(C)c(Cl)c1. The third-order valence-corrected chi connectivity index (χ3v) is 4.80. The van der Waals surface area contributed by atoms with Crippen LogP contribution in [-0.4, -0.2) is 28.3 Å². The molecule has 20 heavy (non-hydrogen) atoms. The van der Waals surface area contributed by atoms with Gasteiger partial charge in [0.25, 0.3) is 0 Å². The third-order valence-electron chi connectivity index (χ3n) is 3.43. The standard InChI is InChI=1S/C15H19ClN2OS/c1-4-10(2)8-18-14(19)9-20-15(18)17-12-6-5-11(3)13(16)7-12/h5-7,10H,4,8-9H2,1-3H3. The van der Waals surface area contributed by atoms with E-state index in [-0.39, 0.29) is 5.91 Å². The molecule has 5 heteroatoms.